The number of nitrogens with zero attached hydrogens (tertiary/aromatic N) is 3. The Hall–Kier alpha value is -4.02. The number of fused-ring (bicyclic) bond motifs is 3. The van der Waals surface area contributed by atoms with Crippen LogP contribution in [0.4, 0.5) is 0 Å². The Balaban J connectivity index is 1.68. The third-order valence-corrected chi connectivity index (χ3v) is 5.98. The molecule has 0 saturated carbocycles. The molecule has 0 radical (unpaired) electrons. The smallest absolute Gasteiger partial charge is 0.266 e. The molecule has 5 heteroatoms. The number of carbonyl (C=O) groups excluding carboxylic acids is 1. The molecule has 0 N–H and O–H groups in total. The molecule has 32 heavy (non-hydrogen) atoms. The van der Waals surface area contributed by atoms with E-state index in [1.807, 2.05) is 60.7 Å². The number of pyridine rings is 1. The summed E-state index contributed by atoms with van der Waals surface area (Å²) in [6.45, 7) is 0. The summed E-state index contributed by atoms with van der Waals surface area (Å²) < 4.78 is 1.68. The van der Waals surface area contributed by atoms with Gasteiger partial charge in [-0.25, -0.2) is 4.98 Å². The van der Waals surface area contributed by atoms with E-state index in [2.05, 4.69) is 17.1 Å². The molecule has 0 bridgehead atoms. The van der Waals surface area contributed by atoms with Crippen molar-refractivity contribution in [1.82, 2.24) is 14.5 Å². The third kappa shape index (κ3) is 2.88. The second kappa shape index (κ2) is 7.29. The Labute approximate surface area is 188 Å². The first-order valence-electron chi connectivity index (χ1n) is 10.2. The standard InChI is InChI=1S/C27H16ClN3O/c28-19-12-13-25-24(14-19)30-26(22-11-5-8-17-6-1-3-9-20(17)22)31(25)27(32)23-16-29-15-18-7-2-4-10-21(18)23/h1-16H. The average Bonchev–Trinajstić information content (AvgIpc) is 3.21. The van der Waals surface area contributed by atoms with Crippen LogP contribution in [0.25, 0.3) is 44.0 Å². The van der Waals surface area contributed by atoms with E-state index in [1.165, 1.54) is 0 Å². The van der Waals surface area contributed by atoms with E-state index in [0.29, 0.717) is 27.4 Å². The molecule has 0 aliphatic rings. The normalized spacial score (nSPS) is 11.4. The van der Waals surface area contributed by atoms with Gasteiger partial charge in [0.2, 0.25) is 0 Å². The molecule has 0 aliphatic carbocycles. The van der Waals surface area contributed by atoms with E-state index >= 15 is 0 Å². The second-order valence-electron chi connectivity index (χ2n) is 7.64. The van der Waals surface area contributed by atoms with Gasteiger partial charge in [0.25, 0.3) is 5.91 Å². The molecule has 0 saturated heterocycles. The predicted molar refractivity (Wildman–Crippen MR) is 129 cm³/mol. The van der Waals surface area contributed by atoms with Crippen molar-refractivity contribution < 1.29 is 4.79 Å². The van der Waals surface area contributed by atoms with Gasteiger partial charge in [-0.2, -0.15) is 0 Å². The zero-order chi connectivity index (χ0) is 21.7. The summed E-state index contributed by atoms with van der Waals surface area (Å²) in [6.07, 6.45) is 3.39. The largest absolute Gasteiger partial charge is 0.268 e. The van der Waals surface area contributed by atoms with Gasteiger partial charge < -0.3 is 0 Å². The maximum atomic E-state index is 14.0. The van der Waals surface area contributed by atoms with E-state index < -0.39 is 0 Å². The summed E-state index contributed by atoms with van der Waals surface area (Å²) in [7, 11) is 0. The number of benzene rings is 4. The molecule has 0 amide bonds. The Morgan fingerprint density at radius 3 is 2.41 bits per heavy atom. The summed E-state index contributed by atoms with van der Waals surface area (Å²) in [5.41, 5.74) is 2.79. The molecule has 2 aromatic heterocycles. The lowest BCUT2D eigenvalue weighted by Crippen LogP contribution is -2.14. The van der Waals surface area contributed by atoms with E-state index in [0.717, 1.165) is 27.1 Å². The average molecular weight is 434 g/mol. The van der Waals surface area contributed by atoms with Crippen LogP contribution in [0.3, 0.4) is 0 Å². The molecular weight excluding hydrogens is 418 g/mol. The molecule has 2 heterocycles. The lowest BCUT2D eigenvalue weighted by molar-refractivity contribution is 0.0967. The maximum absolute atomic E-state index is 14.0. The Morgan fingerprint density at radius 1 is 0.781 bits per heavy atom. The fourth-order valence-corrected chi connectivity index (χ4v) is 4.43. The number of hydrogen-bond acceptors (Lipinski definition) is 3. The fourth-order valence-electron chi connectivity index (χ4n) is 4.27. The van der Waals surface area contributed by atoms with Crippen molar-refractivity contribution in [3.05, 3.63) is 108 Å². The van der Waals surface area contributed by atoms with Crippen LogP contribution in [0.1, 0.15) is 10.4 Å². The highest BCUT2D eigenvalue weighted by Crippen LogP contribution is 2.33. The SMILES string of the molecule is O=C(c1cncc2ccccc12)n1c(-c2cccc3ccccc23)nc2cc(Cl)ccc21. The van der Waals surface area contributed by atoms with Gasteiger partial charge >= 0.3 is 0 Å². The van der Waals surface area contributed by atoms with Crippen LogP contribution in [0.5, 0.6) is 0 Å². The summed E-state index contributed by atoms with van der Waals surface area (Å²) in [6, 6.07) is 27.3. The third-order valence-electron chi connectivity index (χ3n) is 5.75. The Bertz CT molecular complexity index is 1660. The van der Waals surface area contributed by atoms with Crippen molar-refractivity contribution in [3.8, 4) is 11.4 Å². The summed E-state index contributed by atoms with van der Waals surface area (Å²) >= 11 is 6.25. The summed E-state index contributed by atoms with van der Waals surface area (Å²) in [5.74, 6) is 0.402. The van der Waals surface area contributed by atoms with E-state index in [4.69, 9.17) is 16.6 Å². The van der Waals surface area contributed by atoms with Gasteiger partial charge in [0.1, 0.15) is 5.82 Å². The van der Waals surface area contributed by atoms with Crippen LogP contribution >= 0.6 is 11.6 Å². The fraction of sp³-hybridized carbons (Fsp3) is 0. The van der Waals surface area contributed by atoms with E-state index in [-0.39, 0.29) is 5.91 Å². The van der Waals surface area contributed by atoms with Crippen LogP contribution in [0, 0.1) is 0 Å². The van der Waals surface area contributed by atoms with Crippen molar-refractivity contribution >= 4 is 50.1 Å². The first-order chi connectivity index (χ1) is 15.7. The van der Waals surface area contributed by atoms with Gasteiger partial charge in [-0.15, -0.1) is 0 Å². The molecule has 4 aromatic carbocycles. The lowest BCUT2D eigenvalue weighted by Gasteiger charge is -2.12. The lowest BCUT2D eigenvalue weighted by atomic mass is 10.0. The minimum atomic E-state index is -0.179. The van der Waals surface area contributed by atoms with Crippen LogP contribution < -0.4 is 0 Å². The predicted octanol–water partition coefficient (Wildman–Crippen LogP) is 6.75. The second-order valence-corrected chi connectivity index (χ2v) is 8.08. The number of rotatable bonds is 2. The topological polar surface area (TPSA) is 47.8 Å². The quantitative estimate of drug-likeness (QED) is 0.303. The zero-order valence-electron chi connectivity index (χ0n) is 16.9. The molecule has 6 aromatic rings. The van der Waals surface area contributed by atoms with Crippen LogP contribution in [-0.4, -0.2) is 20.4 Å². The van der Waals surface area contributed by atoms with E-state index in [9.17, 15) is 4.79 Å². The Kier molecular flexibility index (Phi) is 4.27. The monoisotopic (exact) mass is 433 g/mol. The molecule has 6 rings (SSSR count). The molecular formula is C27H16ClN3O. The summed E-state index contributed by atoms with van der Waals surface area (Å²) in [4.78, 5) is 23.2. The van der Waals surface area contributed by atoms with Crippen molar-refractivity contribution in [3.63, 3.8) is 0 Å². The van der Waals surface area contributed by atoms with E-state index in [1.54, 1.807) is 29.1 Å². The minimum Gasteiger partial charge on any atom is -0.268 e. The first-order valence-corrected chi connectivity index (χ1v) is 10.6. The summed E-state index contributed by atoms with van der Waals surface area (Å²) in [5, 5.41) is 4.46. The molecule has 4 nitrogen and oxygen atoms in total. The van der Waals surface area contributed by atoms with Gasteiger partial charge in [0, 0.05) is 28.4 Å². The maximum Gasteiger partial charge on any atom is 0.266 e. The molecule has 0 spiro atoms. The highest BCUT2D eigenvalue weighted by atomic mass is 35.5. The molecule has 0 aliphatic heterocycles. The van der Waals surface area contributed by atoms with Gasteiger partial charge in [-0.05, 0) is 34.4 Å². The van der Waals surface area contributed by atoms with Gasteiger partial charge in [0.15, 0.2) is 0 Å². The van der Waals surface area contributed by atoms with Gasteiger partial charge in [0.05, 0.1) is 16.6 Å². The number of hydrogen-bond donors (Lipinski definition) is 0. The van der Waals surface area contributed by atoms with Crippen LogP contribution in [0.2, 0.25) is 5.02 Å². The van der Waals surface area contributed by atoms with Gasteiger partial charge in [-0.1, -0.05) is 78.3 Å². The van der Waals surface area contributed by atoms with Crippen LogP contribution in [0.15, 0.2) is 97.3 Å². The highest BCUT2D eigenvalue weighted by Gasteiger charge is 2.22. The molecule has 0 fully saturated rings. The number of imidazole rings is 1. The highest BCUT2D eigenvalue weighted by molar-refractivity contribution is 6.31. The van der Waals surface area contributed by atoms with Crippen molar-refractivity contribution in [2.45, 2.75) is 0 Å². The number of carbonyl (C=O) groups is 1. The number of halogens is 1. The molecule has 0 atom stereocenters. The van der Waals surface area contributed by atoms with Crippen molar-refractivity contribution in [1.29, 1.82) is 0 Å². The van der Waals surface area contributed by atoms with Crippen molar-refractivity contribution in [2.75, 3.05) is 0 Å². The van der Waals surface area contributed by atoms with Gasteiger partial charge in [-0.3, -0.25) is 14.3 Å². The van der Waals surface area contributed by atoms with Crippen LogP contribution in [-0.2, 0) is 0 Å². The minimum absolute atomic E-state index is 0.179. The number of aromatic nitrogens is 3. The zero-order valence-corrected chi connectivity index (χ0v) is 17.6. The first kappa shape index (κ1) is 18.7. The molecule has 0 unspecified atom stereocenters. The molecule has 152 valence electrons. The van der Waals surface area contributed by atoms with Crippen molar-refractivity contribution in [2.24, 2.45) is 0 Å². The Morgan fingerprint density at radius 2 is 1.53 bits per heavy atom.